The number of hydrogen-bond donors (Lipinski definition) is 1. The lowest BCUT2D eigenvalue weighted by Crippen LogP contribution is -2.47. The van der Waals surface area contributed by atoms with E-state index in [1.165, 1.54) is 11.3 Å². The molecule has 0 aliphatic heterocycles. The molecule has 0 unspecified atom stereocenters. The van der Waals surface area contributed by atoms with Crippen molar-refractivity contribution in [3.05, 3.63) is 11.1 Å². The molecule has 0 aromatic carbocycles. The van der Waals surface area contributed by atoms with Crippen LogP contribution in [0, 0.1) is 12.8 Å². The van der Waals surface area contributed by atoms with E-state index in [4.69, 9.17) is 0 Å². The number of aryl methyl sites for hydroxylation is 1. The Kier molecular flexibility index (Phi) is 5.33. The molecule has 1 aromatic rings. The van der Waals surface area contributed by atoms with E-state index in [1.807, 2.05) is 26.2 Å². The van der Waals surface area contributed by atoms with Gasteiger partial charge in [-0.05, 0) is 33.1 Å². The van der Waals surface area contributed by atoms with Gasteiger partial charge < -0.3 is 10.2 Å². The van der Waals surface area contributed by atoms with Gasteiger partial charge in [0.25, 0.3) is 0 Å². The second-order valence-corrected chi connectivity index (χ2v) is 6.55. The minimum absolute atomic E-state index is 0.0851. The maximum absolute atomic E-state index is 12.5. The molecule has 21 heavy (non-hydrogen) atoms. The van der Waals surface area contributed by atoms with Crippen molar-refractivity contribution in [1.82, 2.24) is 9.88 Å². The SMILES string of the molecule is CC[C@@H](C)N(CC(=O)Nc1nc(C)cs1)C(=O)C1CCC1. The molecule has 0 saturated heterocycles. The molecule has 1 aromatic heterocycles. The van der Waals surface area contributed by atoms with E-state index < -0.39 is 0 Å². The van der Waals surface area contributed by atoms with Gasteiger partial charge in [-0.1, -0.05) is 13.3 Å². The summed E-state index contributed by atoms with van der Waals surface area (Å²) in [7, 11) is 0. The molecular formula is C15H23N3O2S. The number of rotatable bonds is 6. The molecule has 0 bridgehead atoms. The standard InChI is InChI=1S/C15H23N3O2S/c1-4-11(3)18(14(20)12-6-5-7-12)8-13(19)17-15-16-10(2)9-21-15/h9,11-12H,4-8H2,1-3H3,(H,16,17,19)/t11-/m1/s1. The Bertz CT molecular complexity index is 511. The van der Waals surface area contributed by atoms with Crippen molar-refractivity contribution in [1.29, 1.82) is 0 Å². The largest absolute Gasteiger partial charge is 0.330 e. The molecule has 2 amide bonds. The highest BCUT2D eigenvalue weighted by molar-refractivity contribution is 7.13. The summed E-state index contributed by atoms with van der Waals surface area (Å²) in [5.41, 5.74) is 0.889. The van der Waals surface area contributed by atoms with Gasteiger partial charge in [-0.3, -0.25) is 9.59 Å². The Morgan fingerprint density at radius 2 is 2.24 bits per heavy atom. The van der Waals surface area contributed by atoms with Crippen LogP contribution in [0.1, 0.15) is 45.2 Å². The van der Waals surface area contributed by atoms with Crippen LogP contribution < -0.4 is 5.32 Å². The maximum Gasteiger partial charge on any atom is 0.245 e. The van der Waals surface area contributed by atoms with Crippen molar-refractivity contribution in [3.8, 4) is 0 Å². The second-order valence-electron chi connectivity index (χ2n) is 5.69. The Morgan fingerprint density at radius 1 is 1.52 bits per heavy atom. The van der Waals surface area contributed by atoms with Gasteiger partial charge >= 0.3 is 0 Å². The zero-order valence-corrected chi connectivity index (χ0v) is 13.7. The lowest BCUT2D eigenvalue weighted by atomic mass is 9.84. The van der Waals surface area contributed by atoms with Crippen LogP contribution in [0.2, 0.25) is 0 Å². The zero-order valence-electron chi connectivity index (χ0n) is 12.9. The van der Waals surface area contributed by atoms with Gasteiger partial charge in [-0.15, -0.1) is 11.3 Å². The average Bonchev–Trinajstić information content (AvgIpc) is 2.78. The molecule has 116 valence electrons. The number of amides is 2. The van der Waals surface area contributed by atoms with Gasteiger partial charge in [0, 0.05) is 17.3 Å². The molecule has 1 fully saturated rings. The van der Waals surface area contributed by atoms with Crippen LogP contribution in [0.25, 0.3) is 0 Å². The van der Waals surface area contributed by atoms with Crippen molar-refractivity contribution >= 4 is 28.3 Å². The quantitative estimate of drug-likeness (QED) is 0.879. The van der Waals surface area contributed by atoms with Crippen LogP contribution in [0.15, 0.2) is 5.38 Å². The summed E-state index contributed by atoms with van der Waals surface area (Å²) in [6.07, 6.45) is 3.88. The molecular weight excluding hydrogens is 286 g/mol. The third-order valence-electron chi connectivity index (χ3n) is 4.04. The number of nitrogens with zero attached hydrogens (tertiary/aromatic N) is 2. The van der Waals surface area contributed by atoms with Gasteiger partial charge in [0.15, 0.2) is 5.13 Å². The van der Waals surface area contributed by atoms with Crippen molar-refractivity contribution in [2.75, 3.05) is 11.9 Å². The third-order valence-corrected chi connectivity index (χ3v) is 4.92. The Balaban J connectivity index is 1.96. The van der Waals surface area contributed by atoms with E-state index in [9.17, 15) is 9.59 Å². The lowest BCUT2D eigenvalue weighted by molar-refractivity contribution is -0.142. The summed E-state index contributed by atoms with van der Waals surface area (Å²) in [6, 6.07) is 0.0851. The van der Waals surface area contributed by atoms with E-state index in [0.29, 0.717) is 5.13 Å². The van der Waals surface area contributed by atoms with Crippen molar-refractivity contribution in [2.45, 2.75) is 52.5 Å². The number of thiazole rings is 1. The van der Waals surface area contributed by atoms with E-state index in [1.54, 1.807) is 4.90 Å². The van der Waals surface area contributed by atoms with E-state index >= 15 is 0 Å². The predicted molar refractivity (Wildman–Crippen MR) is 84.3 cm³/mol. The molecule has 1 saturated carbocycles. The minimum Gasteiger partial charge on any atom is -0.330 e. The smallest absolute Gasteiger partial charge is 0.245 e. The van der Waals surface area contributed by atoms with Crippen LogP contribution in [-0.2, 0) is 9.59 Å². The number of carbonyl (C=O) groups is 2. The van der Waals surface area contributed by atoms with Gasteiger partial charge in [-0.2, -0.15) is 0 Å². The minimum atomic E-state index is -0.169. The van der Waals surface area contributed by atoms with Gasteiger partial charge in [0.05, 0.1) is 5.69 Å². The van der Waals surface area contributed by atoms with Gasteiger partial charge in [0.2, 0.25) is 11.8 Å². The summed E-state index contributed by atoms with van der Waals surface area (Å²) < 4.78 is 0. The highest BCUT2D eigenvalue weighted by Gasteiger charge is 2.32. The molecule has 1 heterocycles. The van der Waals surface area contributed by atoms with Crippen LogP contribution >= 0.6 is 11.3 Å². The predicted octanol–water partition coefficient (Wildman–Crippen LogP) is 2.82. The van der Waals surface area contributed by atoms with E-state index in [-0.39, 0.29) is 30.3 Å². The van der Waals surface area contributed by atoms with E-state index in [0.717, 1.165) is 31.4 Å². The molecule has 0 spiro atoms. The van der Waals surface area contributed by atoms with Crippen LogP contribution in [0.3, 0.4) is 0 Å². The third kappa shape index (κ3) is 4.03. The van der Waals surface area contributed by atoms with Gasteiger partial charge in [-0.25, -0.2) is 4.98 Å². The highest BCUT2D eigenvalue weighted by Crippen LogP contribution is 2.29. The molecule has 6 heteroatoms. The average molecular weight is 309 g/mol. The highest BCUT2D eigenvalue weighted by atomic mass is 32.1. The lowest BCUT2D eigenvalue weighted by Gasteiger charge is -2.34. The molecule has 2 rings (SSSR count). The fourth-order valence-electron chi connectivity index (χ4n) is 2.29. The molecule has 0 radical (unpaired) electrons. The Hall–Kier alpha value is -1.43. The fraction of sp³-hybridized carbons (Fsp3) is 0.667. The molecule has 1 atom stereocenters. The summed E-state index contributed by atoms with van der Waals surface area (Å²) in [5.74, 6) is 0.0762. The first-order valence-electron chi connectivity index (χ1n) is 7.53. The van der Waals surface area contributed by atoms with Crippen LogP contribution in [-0.4, -0.2) is 34.3 Å². The number of aromatic nitrogens is 1. The number of carbonyl (C=O) groups excluding carboxylic acids is 2. The van der Waals surface area contributed by atoms with Gasteiger partial charge in [0.1, 0.15) is 6.54 Å². The van der Waals surface area contributed by atoms with Crippen LogP contribution in [0.5, 0.6) is 0 Å². The molecule has 1 aliphatic carbocycles. The van der Waals surface area contributed by atoms with Crippen molar-refractivity contribution < 1.29 is 9.59 Å². The number of hydrogen-bond acceptors (Lipinski definition) is 4. The summed E-state index contributed by atoms with van der Waals surface area (Å²) in [4.78, 5) is 30.5. The number of nitrogens with one attached hydrogen (secondary N) is 1. The monoisotopic (exact) mass is 309 g/mol. The first-order valence-corrected chi connectivity index (χ1v) is 8.41. The summed E-state index contributed by atoms with van der Waals surface area (Å²) in [6.45, 7) is 6.03. The number of anilines is 1. The van der Waals surface area contributed by atoms with Crippen molar-refractivity contribution in [3.63, 3.8) is 0 Å². The zero-order chi connectivity index (χ0) is 15.4. The first kappa shape index (κ1) is 15.9. The second kappa shape index (κ2) is 7.02. The summed E-state index contributed by atoms with van der Waals surface area (Å²) >= 11 is 1.40. The molecule has 1 aliphatic rings. The first-order chi connectivity index (χ1) is 10.0. The van der Waals surface area contributed by atoms with Crippen LogP contribution in [0.4, 0.5) is 5.13 Å². The molecule has 5 nitrogen and oxygen atoms in total. The summed E-state index contributed by atoms with van der Waals surface area (Å²) in [5, 5.41) is 5.26. The topological polar surface area (TPSA) is 62.3 Å². The molecule has 1 N–H and O–H groups in total. The Labute approximate surface area is 129 Å². The fourth-order valence-corrected chi connectivity index (χ4v) is 2.99. The normalized spacial score (nSPS) is 16.1. The Morgan fingerprint density at radius 3 is 2.71 bits per heavy atom. The van der Waals surface area contributed by atoms with Crippen molar-refractivity contribution in [2.24, 2.45) is 5.92 Å². The maximum atomic E-state index is 12.5. The van der Waals surface area contributed by atoms with E-state index in [2.05, 4.69) is 10.3 Å².